The number of benzene rings is 4. The molecular formula is C33H32N2O2. The van der Waals surface area contributed by atoms with Crippen LogP contribution in [0.25, 0.3) is 0 Å². The summed E-state index contributed by atoms with van der Waals surface area (Å²) in [4.78, 5) is 23.1. The summed E-state index contributed by atoms with van der Waals surface area (Å²) in [5.41, 5.74) is 3.45. The van der Waals surface area contributed by atoms with Crippen LogP contribution < -0.4 is 10.6 Å². The molecule has 0 aliphatic rings. The number of amides is 2. The van der Waals surface area contributed by atoms with Crippen molar-refractivity contribution in [2.75, 3.05) is 6.54 Å². The normalized spacial score (nSPS) is 10.3. The number of hydrogen-bond donors (Lipinski definition) is 2. The first-order valence-corrected chi connectivity index (χ1v) is 12.2. The van der Waals surface area contributed by atoms with Crippen molar-refractivity contribution >= 4 is 11.8 Å². The lowest BCUT2D eigenvalue weighted by Gasteiger charge is -2.36. The van der Waals surface area contributed by atoms with Crippen LogP contribution in [0.5, 0.6) is 0 Å². The van der Waals surface area contributed by atoms with Crippen LogP contribution in [-0.2, 0) is 21.5 Å². The Labute approximate surface area is 219 Å². The van der Waals surface area contributed by atoms with Gasteiger partial charge in [0.25, 0.3) is 0 Å². The van der Waals surface area contributed by atoms with Crippen molar-refractivity contribution in [2.24, 2.45) is 0 Å². The standard InChI is InChI=1S/C22H19NO.C11H13NO/c1-2-21(24)23-22(18-12-6-3-7-13-18,19-14-8-4-9-15-19)20-16-10-5-11-17-20;1-2-11(13)12-9-8-10-6-4-3-5-7-10/h2-17H,1H2,(H,23,24);2-7H,1,8-9H2,(H,12,13). The predicted molar refractivity (Wildman–Crippen MR) is 151 cm³/mol. The van der Waals surface area contributed by atoms with Gasteiger partial charge in [0.1, 0.15) is 5.54 Å². The fourth-order valence-electron chi connectivity index (χ4n) is 4.06. The number of carbonyl (C=O) groups is 2. The summed E-state index contributed by atoms with van der Waals surface area (Å²) < 4.78 is 0. The van der Waals surface area contributed by atoms with E-state index in [9.17, 15) is 9.59 Å². The SMILES string of the molecule is C=CC(=O)NC(c1ccccc1)(c1ccccc1)c1ccccc1.C=CC(=O)NCCc1ccccc1. The molecule has 0 spiro atoms. The van der Waals surface area contributed by atoms with E-state index in [0.717, 1.165) is 23.1 Å². The molecule has 0 heterocycles. The monoisotopic (exact) mass is 488 g/mol. The lowest BCUT2D eigenvalue weighted by molar-refractivity contribution is -0.118. The first-order chi connectivity index (χ1) is 18.1. The summed E-state index contributed by atoms with van der Waals surface area (Å²) in [5.74, 6) is -0.331. The first kappa shape index (κ1) is 26.9. The van der Waals surface area contributed by atoms with Crippen molar-refractivity contribution < 1.29 is 9.59 Å². The largest absolute Gasteiger partial charge is 0.352 e. The van der Waals surface area contributed by atoms with Crippen molar-refractivity contribution in [1.29, 1.82) is 0 Å². The van der Waals surface area contributed by atoms with Crippen molar-refractivity contribution in [3.63, 3.8) is 0 Å². The second-order valence-corrected chi connectivity index (χ2v) is 8.27. The van der Waals surface area contributed by atoms with Gasteiger partial charge in [-0.2, -0.15) is 0 Å². The molecule has 2 N–H and O–H groups in total. The smallest absolute Gasteiger partial charge is 0.244 e. The molecule has 4 nitrogen and oxygen atoms in total. The van der Waals surface area contributed by atoms with Crippen LogP contribution in [-0.4, -0.2) is 18.4 Å². The first-order valence-electron chi connectivity index (χ1n) is 12.2. The van der Waals surface area contributed by atoms with Crippen LogP contribution in [0, 0.1) is 0 Å². The molecule has 4 aromatic carbocycles. The predicted octanol–water partition coefficient (Wildman–Crippen LogP) is 5.81. The minimum atomic E-state index is -0.769. The highest BCUT2D eigenvalue weighted by Crippen LogP contribution is 2.36. The Morgan fingerprint density at radius 1 is 0.595 bits per heavy atom. The van der Waals surface area contributed by atoms with E-state index in [4.69, 9.17) is 0 Å². The molecule has 0 aliphatic heterocycles. The summed E-state index contributed by atoms with van der Waals surface area (Å²) in [6, 6.07) is 40.0. The van der Waals surface area contributed by atoms with E-state index in [2.05, 4.69) is 23.8 Å². The van der Waals surface area contributed by atoms with Gasteiger partial charge in [0, 0.05) is 6.54 Å². The summed E-state index contributed by atoms with van der Waals surface area (Å²) >= 11 is 0. The van der Waals surface area contributed by atoms with E-state index in [-0.39, 0.29) is 11.8 Å². The Kier molecular flexibility index (Phi) is 10.2. The van der Waals surface area contributed by atoms with Gasteiger partial charge in [-0.25, -0.2) is 0 Å². The Morgan fingerprint density at radius 2 is 0.973 bits per heavy atom. The quantitative estimate of drug-likeness (QED) is 0.231. The Balaban J connectivity index is 0.000000248. The van der Waals surface area contributed by atoms with Crippen LogP contribution >= 0.6 is 0 Å². The molecule has 0 bridgehead atoms. The lowest BCUT2D eigenvalue weighted by Crippen LogP contribution is -2.47. The highest BCUT2D eigenvalue weighted by Gasteiger charge is 2.37. The molecular weight excluding hydrogens is 456 g/mol. The van der Waals surface area contributed by atoms with E-state index in [0.29, 0.717) is 6.54 Å². The van der Waals surface area contributed by atoms with Gasteiger partial charge >= 0.3 is 0 Å². The fourth-order valence-corrected chi connectivity index (χ4v) is 4.06. The Bertz CT molecular complexity index is 1170. The average Bonchev–Trinajstić information content (AvgIpc) is 2.98. The van der Waals surface area contributed by atoms with Crippen LogP contribution in [0.1, 0.15) is 22.3 Å². The summed E-state index contributed by atoms with van der Waals surface area (Å²) in [6.45, 7) is 7.65. The number of hydrogen-bond acceptors (Lipinski definition) is 2. The average molecular weight is 489 g/mol. The third-order valence-corrected chi connectivity index (χ3v) is 5.86. The molecule has 0 saturated heterocycles. The molecule has 0 atom stereocenters. The maximum Gasteiger partial charge on any atom is 0.244 e. The number of carbonyl (C=O) groups excluding carboxylic acids is 2. The number of rotatable bonds is 9. The zero-order valence-corrected chi connectivity index (χ0v) is 20.8. The van der Waals surface area contributed by atoms with E-state index in [1.165, 1.54) is 17.7 Å². The van der Waals surface area contributed by atoms with Crippen LogP contribution in [0.3, 0.4) is 0 Å². The minimum Gasteiger partial charge on any atom is -0.352 e. The van der Waals surface area contributed by atoms with Crippen molar-refractivity contribution in [3.05, 3.63) is 169 Å². The Hall–Kier alpha value is -4.70. The summed E-state index contributed by atoms with van der Waals surface area (Å²) in [6.07, 6.45) is 3.45. The molecule has 0 aromatic heterocycles. The van der Waals surface area contributed by atoms with Crippen molar-refractivity contribution in [2.45, 2.75) is 12.0 Å². The van der Waals surface area contributed by atoms with Gasteiger partial charge in [-0.15, -0.1) is 0 Å². The van der Waals surface area contributed by atoms with Crippen LogP contribution in [0.4, 0.5) is 0 Å². The minimum absolute atomic E-state index is 0.115. The topological polar surface area (TPSA) is 58.2 Å². The molecule has 4 rings (SSSR count). The Morgan fingerprint density at radius 3 is 1.35 bits per heavy atom. The zero-order valence-electron chi connectivity index (χ0n) is 20.8. The van der Waals surface area contributed by atoms with Crippen LogP contribution in [0.15, 0.2) is 147 Å². The molecule has 0 unspecified atom stereocenters. The third-order valence-electron chi connectivity index (χ3n) is 5.86. The van der Waals surface area contributed by atoms with Gasteiger partial charge in [0.05, 0.1) is 0 Å². The molecule has 37 heavy (non-hydrogen) atoms. The number of nitrogens with one attached hydrogen (secondary N) is 2. The van der Waals surface area contributed by atoms with Gasteiger partial charge in [-0.3, -0.25) is 9.59 Å². The molecule has 4 aromatic rings. The fraction of sp³-hybridized carbons (Fsp3) is 0.0909. The van der Waals surface area contributed by atoms with Crippen LogP contribution in [0.2, 0.25) is 0 Å². The maximum absolute atomic E-state index is 12.3. The molecule has 0 fully saturated rings. The van der Waals surface area contributed by atoms with Gasteiger partial charge in [0.15, 0.2) is 0 Å². The molecule has 0 radical (unpaired) electrons. The lowest BCUT2D eigenvalue weighted by atomic mass is 9.77. The molecule has 4 heteroatoms. The van der Waals surface area contributed by atoms with Crippen molar-refractivity contribution in [1.82, 2.24) is 10.6 Å². The molecule has 0 aliphatic carbocycles. The van der Waals surface area contributed by atoms with E-state index in [1.54, 1.807) is 0 Å². The van der Waals surface area contributed by atoms with E-state index >= 15 is 0 Å². The molecule has 2 amide bonds. The van der Waals surface area contributed by atoms with Gasteiger partial charge in [-0.05, 0) is 40.8 Å². The van der Waals surface area contributed by atoms with E-state index < -0.39 is 5.54 Å². The second kappa shape index (κ2) is 14.0. The van der Waals surface area contributed by atoms with Gasteiger partial charge in [-0.1, -0.05) is 134 Å². The van der Waals surface area contributed by atoms with Gasteiger partial charge < -0.3 is 10.6 Å². The summed E-state index contributed by atoms with van der Waals surface area (Å²) in [7, 11) is 0. The maximum atomic E-state index is 12.3. The zero-order chi connectivity index (χ0) is 26.3. The highest BCUT2D eigenvalue weighted by atomic mass is 16.2. The molecule has 0 saturated carbocycles. The van der Waals surface area contributed by atoms with Crippen molar-refractivity contribution in [3.8, 4) is 0 Å². The third kappa shape index (κ3) is 7.39. The highest BCUT2D eigenvalue weighted by molar-refractivity contribution is 5.89. The van der Waals surface area contributed by atoms with E-state index in [1.807, 2.05) is 121 Å². The summed E-state index contributed by atoms with van der Waals surface area (Å²) in [5, 5.41) is 5.90. The molecule has 186 valence electrons. The second-order valence-electron chi connectivity index (χ2n) is 8.27. The van der Waals surface area contributed by atoms with Gasteiger partial charge in [0.2, 0.25) is 11.8 Å².